The SMILES string of the molecule is CC(C)[C@]1(COc2cccnc2)CCCN1.Cl.Cl. The van der Waals surface area contributed by atoms with Gasteiger partial charge in [0.2, 0.25) is 0 Å². The van der Waals surface area contributed by atoms with Crippen molar-refractivity contribution in [1.82, 2.24) is 10.3 Å². The van der Waals surface area contributed by atoms with Gasteiger partial charge in [0.1, 0.15) is 12.4 Å². The molecule has 0 aromatic carbocycles. The number of rotatable bonds is 4. The average molecular weight is 293 g/mol. The van der Waals surface area contributed by atoms with Crippen LogP contribution in [0.25, 0.3) is 0 Å². The first-order valence-electron chi connectivity index (χ1n) is 6.01. The van der Waals surface area contributed by atoms with Crippen molar-refractivity contribution in [3.63, 3.8) is 0 Å². The second-order valence-electron chi connectivity index (χ2n) is 4.82. The summed E-state index contributed by atoms with van der Waals surface area (Å²) in [4.78, 5) is 4.05. The van der Waals surface area contributed by atoms with E-state index in [1.165, 1.54) is 12.8 Å². The van der Waals surface area contributed by atoms with Crippen LogP contribution in [0, 0.1) is 5.92 Å². The Bertz CT molecular complexity index is 327. The highest BCUT2D eigenvalue weighted by Gasteiger charge is 2.37. The first-order chi connectivity index (χ1) is 7.73. The minimum absolute atomic E-state index is 0. The van der Waals surface area contributed by atoms with Gasteiger partial charge in [-0.1, -0.05) is 13.8 Å². The smallest absolute Gasteiger partial charge is 0.137 e. The van der Waals surface area contributed by atoms with Gasteiger partial charge in [0.25, 0.3) is 0 Å². The van der Waals surface area contributed by atoms with Crippen LogP contribution in [-0.2, 0) is 0 Å². The highest BCUT2D eigenvalue weighted by molar-refractivity contribution is 5.85. The van der Waals surface area contributed by atoms with Crippen LogP contribution in [0.3, 0.4) is 0 Å². The predicted octanol–water partition coefficient (Wildman–Crippen LogP) is 3.08. The molecular formula is C13H22Cl2N2O. The topological polar surface area (TPSA) is 34.1 Å². The molecule has 0 bridgehead atoms. The Labute approximate surface area is 122 Å². The van der Waals surface area contributed by atoms with Crippen molar-refractivity contribution >= 4 is 24.8 Å². The van der Waals surface area contributed by atoms with E-state index >= 15 is 0 Å². The molecule has 1 fully saturated rings. The van der Waals surface area contributed by atoms with Gasteiger partial charge in [-0.25, -0.2) is 0 Å². The fraction of sp³-hybridized carbons (Fsp3) is 0.615. The number of ether oxygens (including phenoxy) is 1. The Morgan fingerprint density at radius 2 is 2.22 bits per heavy atom. The Kier molecular flexibility index (Phi) is 7.60. The number of nitrogens with zero attached hydrogens (tertiary/aromatic N) is 1. The fourth-order valence-electron chi connectivity index (χ4n) is 2.26. The van der Waals surface area contributed by atoms with Gasteiger partial charge >= 0.3 is 0 Å². The van der Waals surface area contributed by atoms with Crippen LogP contribution in [0.4, 0.5) is 0 Å². The molecule has 0 saturated carbocycles. The summed E-state index contributed by atoms with van der Waals surface area (Å²) >= 11 is 0. The van der Waals surface area contributed by atoms with Crippen LogP contribution in [0.15, 0.2) is 24.5 Å². The zero-order valence-electron chi connectivity index (χ0n) is 10.9. The molecule has 0 unspecified atom stereocenters. The Hall–Kier alpha value is -0.510. The standard InChI is InChI=1S/C13H20N2O.2ClH/c1-11(2)13(6-4-8-15-13)10-16-12-5-3-7-14-9-12;;/h3,5,7,9,11,15H,4,6,8,10H2,1-2H3;2*1H/t13-;;/m1../s1. The molecule has 2 rings (SSSR count). The van der Waals surface area contributed by atoms with Crippen LogP contribution in [0.2, 0.25) is 0 Å². The van der Waals surface area contributed by atoms with Crippen LogP contribution in [0.5, 0.6) is 5.75 Å². The van der Waals surface area contributed by atoms with E-state index in [4.69, 9.17) is 4.74 Å². The van der Waals surface area contributed by atoms with Crippen molar-refractivity contribution in [3.05, 3.63) is 24.5 Å². The van der Waals surface area contributed by atoms with E-state index in [0.29, 0.717) is 5.92 Å². The van der Waals surface area contributed by atoms with Gasteiger partial charge in [-0.05, 0) is 37.4 Å². The zero-order chi connectivity index (χ0) is 11.4. The normalized spacial score (nSPS) is 22.2. The molecule has 1 N–H and O–H groups in total. The number of pyridine rings is 1. The zero-order valence-corrected chi connectivity index (χ0v) is 12.5. The molecule has 3 nitrogen and oxygen atoms in total. The molecule has 1 aromatic rings. The third-order valence-corrected chi connectivity index (χ3v) is 3.51. The molecule has 1 atom stereocenters. The monoisotopic (exact) mass is 292 g/mol. The van der Waals surface area contributed by atoms with Crippen molar-refractivity contribution in [1.29, 1.82) is 0 Å². The summed E-state index contributed by atoms with van der Waals surface area (Å²) in [6.07, 6.45) is 5.97. The van der Waals surface area contributed by atoms with Crippen molar-refractivity contribution in [3.8, 4) is 5.75 Å². The molecule has 2 heterocycles. The van der Waals surface area contributed by atoms with E-state index in [1.807, 2.05) is 12.1 Å². The van der Waals surface area contributed by atoms with E-state index < -0.39 is 0 Å². The summed E-state index contributed by atoms with van der Waals surface area (Å²) in [6, 6.07) is 3.86. The number of halogens is 2. The highest BCUT2D eigenvalue weighted by atomic mass is 35.5. The maximum Gasteiger partial charge on any atom is 0.137 e. The van der Waals surface area contributed by atoms with Gasteiger partial charge in [0.05, 0.1) is 11.7 Å². The number of nitrogens with one attached hydrogen (secondary N) is 1. The summed E-state index contributed by atoms with van der Waals surface area (Å²) in [6.45, 7) is 6.35. The first kappa shape index (κ1) is 17.5. The Morgan fingerprint density at radius 3 is 2.72 bits per heavy atom. The average Bonchev–Trinajstić information content (AvgIpc) is 2.78. The summed E-state index contributed by atoms with van der Waals surface area (Å²) in [5.74, 6) is 1.45. The van der Waals surface area contributed by atoms with Crippen molar-refractivity contribution in [2.24, 2.45) is 5.92 Å². The van der Waals surface area contributed by atoms with E-state index in [2.05, 4.69) is 24.1 Å². The minimum atomic E-state index is 0. The van der Waals surface area contributed by atoms with Crippen LogP contribution >= 0.6 is 24.8 Å². The van der Waals surface area contributed by atoms with E-state index in [9.17, 15) is 0 Å². The second-order valence-corrected chi connectivity index (χ2v) is 4.82. The third kappa shape index (κ3) is 4.01. The van der Waals surface area contributed by atoms with Gasteiger partial charge in [0.15, 0.2) is 0 Å². The van der Waals surface area contributed by atoms with E-state index in [0.717, 1.165) is 18.9 Å². The van der Waals surface area contributed by atoms with Crippen LogP contribution in [-0.4, -0.2) is 23.7 Å². The summed E-state index contributed by atoms with van der Waals surface area (Å²) < 4.78 is 5.83. The summed E-state index contributed by atoms with van der Waals surface area (Å²) in [5, 5.41) is 3.59. The number of hydrogen-bond donors (Lipinski definition) is 1. The Morgan fingerprint density at radius 1 is 1.44 bits per heavy atom. The van der Waals surface area contributed by atoms with E-state index in [-0.39, 0.29) is 30.4 Å². The van der Waals surface area contributed by atoms with Crippen molar-refractivity contribution in [2.75, 3.05) is 13.2 Å². The minimum Gasteiger partial charge on any atom is -0.490 e. The van der Waals surface area contributed by atoms with Gasteiger partial charge < -0.3 is 10.1 Å². The molecule has 5 heteroatoms. The maximum absolute atomic E-state index is 5.83. The van der Waals surface area contributed by atoms with Crippen molar-refractivity contribution in [2.45, 2.75) is 32.2 Å². The Balaban J connectivity index is 0.00000144. The number of aromatic nitrogens is 1. The molecule has 0 radical (unpaired) electrons. The fourth-order valence-corrected chi connectivity index (χ4v) is 2.26. The van der Waals surface area contributed by atoms with E-state index in [1.54, 1.807) is 12.4 Å². The molecular weight excluding hydrogens is 271 g/mol. The lowest BCUT2D eigenvalue weighted by atomic mass is 9.86. The second kappa shape index (κ2) is 7.82. The van der Waals surface area contributed by atoms with Gasteiger partial charge in [-0.15, -0.1) is 24.8 Å². The summed E-state index contributed by atoms with van der Waals surface area (Å²) in [7, 11) is 0. The van der Waals surface area contributed by atoms with Crippen LogP contribution < -0.4 is 10.1 Å². The highest BCUT2D eigenvalue weighted by Crippen LogP contribution is 2.28. The lowest BCUT2D eigenvalue weighted by Crippen LogP contribution is -2.49. The van der Waals surface area contributed by atoms with Crippen LogP contribution in [0.1, 0.15) is 26.7 Å². The number of hydrogen-bond acceptors (Lipinski definition) is 3. The molecule has 1 saturated heterocycles. The quantitative estimate of drug-likeness (QED) is 0.926. The predicted molar refractivity (Wildman–Crippen MR) is 79.0 cm³/mol. The van der Waals surface area contributed by atoms with Gasteiger partial charge in [-0.3, -0.25) is 4.98 Å². The van der Waals surface area contributed by atoms with Gasteiger partial charge in [-0.2, -0.15) is 0 Å². The molecule has 0 aliphatic carbocycles. The molecule has 18 heavy (non-hydrogen) atoms. The molecule has 1 aliphatic heterocycles. The lowest BCUT2D eigenvalue weighted by Gasteiger charge is -2.33. The third-order valence-electron chi connectivity index (χ3n) is 3.51. The largest absolute Gasteiger partial charge is 0.490 e. The van der Waals surface area contributed by atoms with Crippen molar-refractivity contribution < 1.29 is 4.74 Å². The maximum atomic E-state index is 5.83. The van der Waals surface area contributed by atoms with Gasteiger partial charge in [0, 0.05) is 6.20 Å². The summed E-state index contributed by atoms with van der Waals surface area (Å²) in [5.41, 5.74) is 0.149. The molecule has 0 spiro atoms. The molecule has 0 amide bonds. The lowest BCUT2D eigenvalue weighted by molar-refractivity contribution is 0.152. The molecule has 1 aromatic heterocycles. The first-order valence-corrected chi connectivity index (χ1v) is 6.01. The molecule has 104 valence electrons. The molecule has 1 aliphatic rings.